The van der Waals surface area contributed by atoms with E-state index in [2.05, 4.69) is 10.1 Å². The van der Waals surface area contributed by atoms with Gasteiger partial charge in [-0.25, -0.2) is 10.5 Å². The van der Waals surface area contributed by atoms with Crippen LogP contribution >= 0.6 is 0 Å². The summed E-state index contributed by atoms with van der Waals surface area (Å²) in [6, 6.07) is 5.13. The third-order valence-corrected chi connectivity index (χ3v) is 3.46. The molecule has 0 bridgehead atoms. The van der Waals surface area contributed by atoms with E-state index in [9.17, 15) is 18.0 Å². The second-order valence-electron chi connectivity index (χ2n) is 4.86. The van der Waals surface area contributed by atoms with Gasteiger partial charge in [-0.3, -0.25) is 15.2 Å². The average molecular weight is 336 g/mol. The zero-order chi connectivity index (χ0) is 17.5. The SMILES string of the molecule is NNC(=O)c1cnn(-c2ccnc3c(C(F)(F)F)cccc23)c1N. The third kappa shape index (κ3) is 2.42. The summed E-state index contributed by atoms with van der Waals surface area (Å²) in [5.41, 5.74) is 6.96. The molecule has 0 atom stereocenters. The number of carbonyl (C=O) groups excluding carboxylic acids is 1. The van der Waals surface area contributed by atoms with Crippen LogP contribution in [0.5, 0.6) is 0 Å². The van der Waals surface area contributed by atoms with Crippen LogP contribution in [0.1, 0.15) is 15.9 Å². The van der Waals surface area contributed by atoms with Crippen molar-refractivity contribution >= 4 is 22.6 Å². The normalized spacial score (nSPS) is 11.7. The number of rotatable bonds is 2. The standard InChI is InChI=1S/C14H11F3N6O/c15-14(16,17)9-3-1-2-7-10(4-5-20-11(7)9)23-12(18)8(6-21-23)13(24)22-19/h1-6H,18-19H2,(H,22,24). The number of para-hydroxylation sites is 1. The molecule has 24 heavy (non-hydrogen) atoms. The van der Waals surface area contributed by atoms with Gasteiger partial charge in [0.1, 0.15) is 11.4 Å². The first-order chi connectivity index (χ1) is 11.3. The number of amides is 1. The van der Waals surface area contributed by atoms with Gasteiger partial charge in [0.05, 0.1) is 23.0 Å². The van der Waals surface area contributed by atoms with E-state index in [1.165, 1.54) is 30.6 Å². The first-order valence-corrected chi connectivity index (χ1v) is 6.64. The molecule has 0 fully saturated rings. The Balaban J connectivity index is 2.26. The smallest absolute Gasteiger partial charge is 0.383 e. The van der Waals surface area contributed by atoms with Crippen molar-refractivity contribution in [2.75, 3.05) is 5.73 Å². The highest BCUT2D eigenvalue weighted by Gasteiger charge is 2.33. The largest absolute Gasteiger partial charge is 0.418 e. The average Bonchev–Trinajstić information content (AvgIpc) is 2.93. The predicted molar refractivity (Wildman–Crippen MR) is 79.9 cm³/mol. The van der Waals surface area contributed by atoms with Crippen molar-refractivity contribution in [3.05, 3.63) is 47.8 Å². The second-order valence-corrected chi connectivity index (χ2v) is 4.86. The highest BCUT2D eigenvalue weighted by Crippen LogP contribution is 2.35. The number of benzene rings is 1. The van der Waals surface area contributed by atoms with Crippen molar-refractivity contribution in [1.82, 2.24) is 20.2 Å². The quantitative estimate of drug-likeness (QED) is 0.374. The Bertz CT molecular complexity index is 934. The zero-order valence-corrected chi connectivity index (χ0v) is 12.0. The Kier molecular flexibility index (Phi) is 3.60. The van der Waals surface area contributed by atoms with Crippen LogP contribution in [-0.4, -0.2) is 20.7 Å². The fourth-order valence-electron chi connectivity index (χ4n) is 2.38. The van der Waals surface area contributed by atoms with Crippen LogP contribution in [0.2, 0.25) is 0 Å². The number of nitrogens with one attached hydrogen (secondary N) is 1. The molecule has 0 aliphatic heterocycles. The Labute approximate surface area is 133 Å². The summed E-state index contributed by atoms with van der Waals surface area (Å²) in [5, 5.41) is 4.16. The number of alkyl halides is 3. The maximum Gasteiger partial charge on any atom is 0.418 e. The van der Waals surface area contributed by atoms with E-state index in [4.69, 9.17) is 11.6 Å². The predicted octanol–water partition coefficient (Wildman–Crippen LogP) is 1.62. The molecule has 0 spiro atoms. The topological polar surface area (TPSA) is 112 Å². The number of fused-ring (bicyclic) bond motifs is 1. The van der Waals surface area contributed by atoms with Gasteiger partial charge in [0.25, 0.3) is 5.91 Å². The third-order valence-electron chi connectivity index (χ3n) is 3.46. The van der Waals surface area contributed by atoms with Crippen molar-refractivity contribution in [1.29, 1.82) is 0 Å². The van der Waals surface area contributed by atoms with Crippen molar-refractivity contribution in [2.24, 2.45) is 5.84 Å². The Morgan fingerprint density at radius 2 is 2.00 bits per heavy atom. The van der Waals surface area contributed by atoms with E-state index in [1.54, 1.807) is 0 Å². The molecule has 0 unspecified atom stereocenters. The molecule has 0 aliphatic carbocycles. The molecule has 10 heteroatoms. The highest BCUT2D eigenvalue weighted by molar-refractivity contribution is 5.98. The molecule has 124 valence electrons. The van der Waals surface area contributed by atoms with Gasteiger partial charge in [-0.1, -0.05) is 12.1 Å². The minimum absolute atomic E-state index is 0.00874. The van der Waals surface area contributed by atoms with Gasteiger partial charge in [-0.05, 0) is 12.1 Å². The van der Waals surface area contributed by atoms with E-state index in [0.717, 1.165) is 10.7 Å². The summed E-state index contributed by atoms with van der Waals surface area (Å²) in [6.45, 7) is 0. The highest BCUT2D eigenvalue weighted by atomic mass is 19.4. The fourth-order valence-corrected chi connectivity index (χ4v) is 2.38. The number of hydrogen-bond acceptors (Lipinski definition) is 5. The molecule has 0 saturated carbocycles. The van der Waals surface area contributed by atoms with Crippen LogP contribution in [0.15, 0.2) is 36.7 Å². The zero-order valence-electron chi connectivity index (χ0n) is 12.0. The number of nitrogen functional groups attached to an aromatic ring is 2. The number of hydrogen-bond donors (Lipinski definition) is 3. The van der Waals surface area contributed by atoms with Crippen molar-refractivity contribution < 1.29 is 18.0 Å². The second kappa shape index (κ2) is 5.49. The summed E-state index contributed by atoms with van der Waals surface area (Å²) < 4.78 is 40.6. The molecule has 7 nitrogen and oxygen atoms in total. The maximum atomic E-state index is 13.1. The maximum absolute atomic E-state index is 13.1. The minimum atomic E-state index is -4.55. The van der Waals surface area contributed by atoms with Crippen LogP contribution in [0, 0.1) is 0 Å². The lowest BCUT2D eigenvalue weighted by Gasteiger charge is -2.12. The van der Waals surface area contributed by atoms with E-state index in [-0.39, 0.29) is 28.0 Å². The van der Waals surface area contributed by atoms with Crippen molar-refractivity contribution in [3.63, 3.8) is 0 Å². The van der Waals surface area contributed by atoms with Gasteiger partial charge in [0.2, 0.25) is 0 Å². The number of carbonyl (C=O) groups is 1. The number of halogens is 3. The lowest BCUT2D eigenvalue weighted by molar-refractivity contribution is -0.136. The van der Waals surface area contributed by atoms with Crippen LogP contribution in [0.25, 0.3) is 16.6 Å². The Morgan fingerprint density at radius 1 is 1.25 bits per heavy atom. The van der Waals surface area contributed by atoms with Gasteiger partial charge in [-0.2, -0.15) is 18.3 Å². The Morgan fingerprint density at radius 3 is 2.67 bits per heavy atom. The summed E-state index contributed by atoms with van der Waals surface area (Å²) in [5.74, 6) is 4.34. The van der Waals surface area contributed by atoms with Gasteiger partial charge in [0, 0.05) is 11.6 Å². The van der Waals surface area contributed by atoms with Crippen LogP contribution in [0.3, 0.4) is 0 Å². The van der Waals surface area contributed by atoms with Gasteiger partial charge in [-0.15, -0.1) is 0 Å². The molecule has 0 saturated heterocycles. The van der Waals surface area contributed by atoms with Crippen LogP contribution in [-0.2, 0) is 6.18 Å². The summed E-state index contributed by atoms with van der Waals surface area (Å²) in [7, 11) is 0. The van der Waals surface area contributed by atoms with Crippen molar-refractivity contribution in [2.45, 2.75) is 6.18 Å². The molecule has 2 aromatic heterocycles. The molecule has 0 radical (unpaired) electrons. The van der Waals surface area contributed by atoms with E-state index < -0.39 is 17.6 Å². The molecule has 0 aliphatic rings. The number of aromatic nitrogens is 3. The first-order valence-electron chi connectivity index (χ1n) is 6.64. The summed E-state index contributed by atoms with van der Waals surface area (Å²) in [4.78, 5) is 15.4. The van der Waals surface area contributed by atoms with Crippen LogP contribution in [0.4, 0.5) is 19.0 Å². The molecule has 5 N–H and O–H groups in total. The first kappa shape index (κ1) is 15.7. The summed E-state index contributed by atoms with van der Waals surface area (Å²) >= 11 is 0. The summed E-state index contributed by atoms with van der Waals surface area (Å²) in [6.07, 6.45) is -2.15. The number of pyridine rings is 1. The van der Waals surface area contributed by atoms with E-state index >= 15 is 0 Å². The number of nitrogens with zero attached hydrogens (tertiary/aromatic N) is 3. The van der Waals surface area contributed by atoms with E-state index in [1.807, 2.05) is 5.43 Å². The van der Waals surface area contributed by atoms with Crippen LogP contribution < -0.4 is 17.0 Å². The lowest BCUT2D eigenvalue weighted by Crippen LogP contribution is -2.30. The van der Waals surface area contributed by atoms with E-state index in [0.29, 0.717) is 0 Å². The number of hydrazine groups is 1. The van der Waals surface area contributed by atoms with Crippen molar-refractivity contribution in [3.8, 4) is 5.69 Å². The molecule has 1 aromatic carbocycles. The molecule has 3 aromatic rings. The molecular formula is C14H11F3N6O. The fraction of sp³-hybridized carbons (Fsp3) is 0.0714. The number of nitrogens with two attached hydrogens (primary N) is 2. The minimum Gasteiger partial charge on any atom is -0.383 e. The molecule has 2 heterocycles. The Hall–Kier alpha value is -3.14. The molecule has 3 rings (SSSR count). The molecular weight excluding hydrogens is 325 g/mol. The van der Waals surface area contributed by atoms with Gasteiger partial charge >= 0.3 is 6.18 Å². The van der Waals surface area contributed by atoms with Gasteiger partial charge in [0.15, 0.2) is 0 Å². The lowest BCUT2D eigenvalue weighted by atomic mass is 10.1. The monoisotopic (exact) mass is 336 g/mol. The molecule has 1 amide bonds. The number of anilines is 1. The van der Waals surface area contributed by atoms with Gasteiger partial charge < -0.3 is 5.73 Å².